The molecule has 0 spiro atoms. The van der Waals surface area contributed by atoms with Gasteiger partial charge in [-0.15, -0.1) is 0 Å². The first-order valence-electron chi connectivity index (χ1n) is 6.65. The molecular formula is C12H18N4O4S. The minimum absolute atomic E-state index is 0.0361. The van der Waals surface area contributed by atoms with Crippen LogP contribution in [0.4, 0.5) is 11.5 Å². The van der Waals surface area contributed by atoms with E-state index in [0.29, 0.717) is 18.9 Å². The normalized spacial score (nSPS) is 19.5. The van der Waals surface area contributed by atoms with Crippen molar-refractivity contribution in [1.82, 2.24) is 9.71 Å². The maximum absolute atomic E-state index is 11.1. The van der Waals surface area contributed by atoms with Crippen molar-refractivity contribution in [3.63, 3.8) is 0 Å². The van der Waals surface area contributed by atoms with Crippen LogP contribution in [-0.4, -0.2) is 44.2 Å². The first kappa shape index (κ1) is 15.6. The first-order chi connectivity index (χ1) is 9.85. The number of nitrogens with one attached hydrogen (secondary N) is 1. The van der Waals surface area contributed by atoms with Gasteiger partial charge in [0.25, 0.3) is 5.69 Å². The Morgan fingerprint density at radius 3 is 2.86 bits per heavy atom. The summed E-state index contributed by atoms with van der Waals surface area (Å²) in [4.78, 5) is 16.3. The molecule has 8 nitrogen and oxygen atoms in total. The Morgan fingerprint density at radius 1 is 1.52 bits per heavy atom. The van der Waals surface area contributed by atoms with Crippen LogP contribution in [0, 0.1) is 16.0 Å². The molecule has 1 aliphatic rings. The zero-order valence-corrected chi connectivity index (χ0v) is 12.5. The van der Waals surface area contributed by atoms with Gasteiger partial charge in [0.2, 0.25) is 10.0 Å². The second kappa shape index (κ2) is 6.35. The molecule has 1 aliphatic heterocycles. The summed E-state index contributed by atoms with van der Waals surface area (Å²) in [6, 6.07) is 3.06. The second-order valence-electron chi connectivity index (χ2n) is 5.21. The van der Waals surface area contributed by atoms with Gasteiger partial charge >= 0.3 is 0 Å². The monoisotopic (exact) mass is 314 g/mol. The van der Waals surface area contributed by atoms with Crippen molar-refractivity contribution >= 4 is 21.5 Å². The van der Waals surface area contributed by atoms with Crippen LogP contribution in [0.2, 0.25) is 0 Å². The molecule has 1 aromatic heterocycles. The lowest BCUT2D eigenvalue weighted by molar-refractivity contribution is -0.385. The predicted molar refractivity (Wildman–Crippen MR) is 78.7 cm³/mol. The fourth-order valence-electron chi connectivity index (χ4n) is 2.38. The van der Waals surface area contributed by atoms with E-state index in [2.05, 4.69) is 9.71 Å². The third-order valence-corrected chi connectivity index (χ3v) is 4.11. The van der Waals surface area contributed by atoms with E-state index in [9.17, 15) is 18.5 Å². The van der Waals surface area contributed by atoms with Crippen LogP contribution in [-0.2, 0) is 10.0 Å². The van der Waals surface area contributed by atoms with Gasteiger partial charge in [0.1, 0.15) is 12.0 Å². The molecule has 21 heavy (non-hydrogen) atoms. The van der Waals surface area contributed by atoms with Crippen molar-refractivity contribution in [2.75, 3.05) is 30.8 Å². The van der Waals surface area contributed by atoms with Crippen molar-refractivity contribution in [2.45, 2.75) is 12.8 Å². The number of sulfonamides is 1. The molecule has 1 unspecified atom stereocenters. The number of hydrogen-bond acceptors (Lipinski definition) is 6. The summed E-state index contributed by atoms with van der Waals surface area (Å²) in [5.74, 6) is 0.898. The smallest absolute Gasteiger partial charge is 0.287 e. The van der Waals surface area contributed by atoms with Gasteiger partial charge in [-0.25, -0.2) is 18.1 Å². The van der Waals surface area contributed by atoms with Crippen LogP contribution >= 0.6 is 0 Å². The Kier molecular flexibility index (Phi) is 4.73. The van der Waals surface area contributed by atoms with Crippen molar-refractivity contribution in [2.24, 2.45) is 5.92 Å². The van der Waals surface area contributed by atoms with Crippen LogP contribution in [0.15, 0.2) is 18.3 Å². The van der Waals surface area contributed by atoms with E-state index >= 15 is 0 Å². The van der Waals surface area contributed by atoms with Crippen molar-refractivity contribution < 1.29 is 13.3 Å². The molecule has 2 rings (SSSR count). The van der Waals surface area contributed by atoms with E-state index < -0.39 is 14.9 Å². The number of pyridine rings is 1. The van der Waals surface area contributed by atoms with Gasteiger partial charge in [0, 0.05) is 25.7 Å². The third-order valence-electron chi connectivity index (χ3n) is 3.42. The highest BCUT2D eigenvalue weighted by atomic mass is 32.2. The van der Waals surface area contributed by atoms with E-state index in [1.165, 1.54) is 12.3 Å². The van der Waals surface area contributed by atoms with E-state index in [-0.39, 0.29) is 11.6 Å². The number of rotatable bonds is 5. The fourth-order valence-corrected chi connectivity index (χ4v) is 2.92. The Bertz CT molecular complexity index is 602. The van der Waals surface area contributed by atoms with Crippen LogP contribution in [0.3, 0.4) is 0 Å². The number of aromatic nitrogens is 1. The molecule has 0 saturated carbocycles. The Morgan fingerprint density at radius 2 is 2.29 bits per heavy atom. The van der Waals surface area contributed by atoms with Crippen LogP contribution in [0.25, 0.3) is 0 Å². The summed E-state index contributed by atoms with van der Waals surface area (Å²) in [5, 5.41) is 10.6. The van der Waals surface area contributed by atoms with Gasteiger partial charge in [0.05, 0.1) is 11.2 Å². The standard InChI is InChI=1S/C12H18N4O4S/c1-21(19,20)14-7-10-3-2-6-15(9-10)12-5-4-11(8-13-12)16(17)18/h4-5,8,10,14H,2-3,6-7,9H2,1H3. The molecule has 0 aliphatic carbocycles. The zero-order chi connectivity index (χ0) is 15.5. The van der Waals surface area contributed by atoms with E-state index in [0.717, 1.165) is 25.6 Å². The molecule has 0 amide bonds. The first-order valence-corrected chi connectivity index (χ1v) is 8.54. The molecule has 9 heteroatoms. The van der Waals surface area contributed by atoms with Gasteiger partial charge < -0.3 is 4.90 Å². The molecule has 0 bridgehead atoms. The van der Waals surface area contributed by atoms with E-state index in [1.807, 2.05) is 4.90 Å². The Labute approximate surface area is 123 Å². The lowest BCUT2D eigenvalue weighted by Crippen LogP contribution is -2.41. The minimum Gasteiger partial charge on any atom is -0.356 e. The summed E-state index contributed by atoms with van der Waals surface area (Å²) >= 11 is 0. The number of nitro groups is 1. The van der Waals surface area contributed by atoms with Crippen LogP contribution < -0.4 is 9.62 Å². The number of piperidine rings is 1. The summed E-state index contributed by atoms with van der Waals surface area (Å²) in [6.07, 6.45) is 4.28. The topological polar surface area (TPSA) is 105 Å². The van der Waals surface area contributed by atoms with Gasteiger partial charge in [-0.2, -0.15) is 0 Å². The van der Waals surface area contributed by atoms with Gasteiger partial charge in [-0.3, -0.25) is 10.1 Å². The summed E-state index contributed by atoms with van der Waals surface area (Å²) in [5.41, 5.74) is -0.0361. The maximum Gasteiger partial charge on any atom is 0.287 e. The number of anilines is 1. The third kappa shape index (κ3) is 4.64. The average Bonchev–Trinajstić information content (AvgIpc) is 2.45. The highest BCUT2D eigenvalue weighted by molar-refractivity contribution is 7.88. The molecule has 116 valence electrons. The summed E-state index contributed by atoms with van der Waals surface area (Å²) < 4.78 is 24.8. The average molecular weight is 314 g/mol. The molecule has 1 fully saturated rings. The van der Waals surface area contributed by atoms with Crippen LogP contribution in [0.5, 0.6) is 0 Å². The van der Waals surface area contributed by atoms with Gasteiger partial charge in [-0.1, -0.05) is 0 Å². The highest BCUT2D eigenvalue weighted by Gasteiger charge is 2.22. The molecule has 1 saturated heterocycles. The highest BCUT2D eigenvalue weighted by Crippen LogP contribution is 2.22. The summed E-state index contributed by atoms with van der Waals surface area (Å²) in [6.45, 7) is 1.91. The van der Waals surface area contributed by atoms with Crippen LogP contribution in [0.1, 0.15) is 12.8 Å². The second-order valence-corrected chi connectivity index (χ2v) is 7.04. The van der Waals surface area contributed by atoms with Crippen molar-refractivity contribution in [3.05, 3.63) is 28.4 Å². The number of nitrogens with zero attached hydrogens (tertiary/aromatic N) is 3. The van der Waals surface area contributed by atoms with E-state index in [1.54, 1.807) is 6.07 Å². The largest absolute Gasteiger partial charge is 0.356 e. The Balaban J connectivity index is 1.98. The lowest BCUT2D eigenvalue weighted by Gasteiger charge is -2.33. The lowest BCUT2D eigenvalue weighted by atomic mass is 9.98. The summed E-state index contributed by atoms with van der Waals surface area (Å²) in [7, 11) is -3.18. The molecular weight excluding hydrogens is 296 g/mol. The van der Waals surface area contributed by atoms with Gasteiger partial charge in [0.15, 0.2) is 0 Å². The number of hydrogen-bond donors (Lipinski definition) is 1. The molecule has 0 aromatic carbocycles. The molecule has 1 atom stereocenters. The maximum atomic E-state index is 11.1. The van der Waals surface area contributed by atoms with Crippen molar-refractivity contribution in [3.8, 4) is 0 Å². The SMILES string of the molecule is CS(=O)(=O)NCC1CCCN(c2ccc([N+](=O)[O-])cn2)C1. The molecule has 1 N–H and O–H groups in total. The zero-order valence-electron chi connectivity index (χ0n) is 11.7. The quantitative estimate of drug-likeness (QED) is 0.635. The fraction of sp³-hybridized carbons (Fsp3) is 0.583. The Hall–Kier alpha value is -1.74. The molecule has 0 radical (unpaired) electrons. The predicted octanol–water partition coefficient (Wildman–Crippen LogP) is 0.755. The minimum atomic E-state index is -3.18. The van der Waals surface area contributed by atoms with E-state index in [4.69, 9.17) is 0 Å². The molecule has 2 heterocycles. The molecule has 1 aromatic rings. The van der Waals surface area contributed by atoms with Crippen molar-refractivity contribution in [1.29, 1.82) is 0 Å². The van der Waals surface area contributed by atoms with Gasteiger partial charge in [-0.05, 0) is 24.8 Å².